The maximum absolute atomic E-state index is 12.2. The summed E-state index contributed by atoms with van der Waals surface area (Å²) < 4.78 is 22.5. The fourth-order valence-electron chi connectivity index (χ4n) is 3.23. The van der Waals surface area contributed by atoms with Crippen LogP contribution in [0.5, 0.6) is 0 Å². The smallest absolute Gasteiger partial charge is 0.251 e. The molecule has 0 radical (unpaired) electrons. The van der Waals surface area contributed by atoms with Crippen LogP contribution in [0.1, 0.15) is 41.6 Å². The number of amides is 2. The first-order valence-corrected chi connectivity index (χ1v) is 10.7. The molecule has 1 fully saturated rings. The predicted molar refractivity (Wildman–Crippen MR) is 106 cm³/mol. The van der Waals surface area contributed by atoms with E-state index in [1.54, 1.807) is 36.4 Å². The van der Waals surface area contributed by atoms with Gasteiger partial charge in [-0.15, -0.1) is 0 Å². The van der Waals surface area contributed by atoms with Crippen molar-refractivity contribution < 1.29 is 18.0 Å². The molecule has 0 heterocycles. The second kappa shape index (κ2) is 8.53. The van der Waals surface area contributed by atoms with Gasteiger partial charge in [0.15, 0.2) is 0 Å². The number of anilines is 1. The molecule has 2 aromatic carbocycles. The third-order valence-corrected chi connectivity index (χ3v) is 5.67. The van der Waals surface area contributed by atoms with Crippen molar-refractivity contribution in [3.63, 3.8) is 0 Å². The van der Waals surface area contributed by atoms with Gasteiger partial charge in [0.1, 0.15) is 0 Å². The molecule has 3 rings (SSSR count). The van der Waals surface area contributed by atoms with Gasteiger partial charge in [-0.2, -0.15) is 0 Å². The fourth-order valence-corrected chi connectivity index (χ4v) is 3.75. The number of primary sulfonamides is 1. The SMILES string of the molecule is NS(=O)(=O)c1ccc(CC(=O)Nc2ccc(C(=O)NC3CCCC3)cc2)cc1. The van der Waals surface area contributed by atoms with E-state index in [1.807, 2.05) is 0 Å². The molecule has 1 aliphatic carbocycles. The quantitative estimate of drug-likeness (QED) is 0.687. The Morgan fingerprint density at radius 3 is 2.14 bits per heavy atom. The van der Waals surface area contributed by atoms with E-state index in [9.17, 15) is 18.0 Å². The van der Waals surface area contributed by atoms with Crippen LogP contribution in [-0.4, -0.2) is 26.3 Å². The van der Waals surface area contributed by atoms with Gasteiger partial charge in [0.25, 0.3) is 5.91 Å². The zero-order valence-corrected chi connectivity index (χ0v) is 16.2. The Labute approximate surface area is 164 Å². The molecule has 0 spiro atoms. The van der Waals surface area contributed by atoms with E-state index in [0.29, 0.717) is 16.8 Å². The van der Waals surface area contributed by atoms with Gasteiger partial charge in [0.2, 0.25) is 15.9 Å². The summed E-state index contributed by atoms with van der Waals surface area (Å²) in [7, 11) is -3.75. The van der Waals surface area contributed by atoms with E-state index in [1.165, 1.54) is 12.1 Å². The van der Waals surface area contributed by atoms with Crippen molar-refractivity contribution in [2.24, 2.45) is 5.14 Å². The van der Waals surface area contributed by atoms with E-state index >= 15 is 0 Å². The monoisotopic (exact) mass is 401 g/mol. The number of hydrogen-bond acceptors (Lipinski definition) is 4. The summed E-state index contributed by atoms with van der Waals surface area (Å²) in [5.74, 6) is -0.341. The fraction of sp³-hybridized carbons (Fsp3) is 0.300. The normalized spacial score (nSPS) is 14.6. The first kappa shape index (κ1) is 20.0. The number of carbonyl (C=O) groups is 2. The molecular formula is C20H23N3O4S. The van der Waals surface area contributed by atoms with Gasteiger partial charge < -0.3 is 10.6 Å². The first-order valence-electron chi connectivity index (χ1n) is 9.14. The molecule has 0 aliphatic heterocycles. The molecule has 0 bridgehead atoms. The third kappa shape index (κ3) is 5.40. The lowest BCUT2D eigenvalue weighted by Gasteiger charge is -2.12. The number of carbonyl (C=O) groups excluding carboxylic acids is 2. The van der Waals surface area contributed by atoms with Crippen LogP contribution in [-0.2, 0) is 21.2 Å². The zero-order chi connectivity index (χ0) is 20.1. The highest BCUT2D eigenvalue weighted by Crippen LogP contribution is 2.18. The molecular weight excluding hydrogens is 378 g/mol. The van der Waals surface area contributed by atoms with Gasteiger partial charge >= 0.3 is 0 Å². The highest BCUT2D eigenvalue weighted by atomic mass is 32.2. The zero-order valence-electron chi connectivity index (χ0n) is 15.4. The minimum Gasteiger partial charge on any atom is -0.349 e. The molecule has 0 aromatic heterocycles. The molecule has 7 nitrogen and oxygen atoms in total. The van der Waals surface area contributed by atoms with Crippen molar-refractivity contribution in [2.75, 3.05) is 5.32 Å². The van der Waals surface area contributed by atoms with Crippen LogP contribution in [0, 0.1) is 0 Å². The number of rotatable bonds is 6. The van der Waals surface area contributed by atoms with E-state index < -0.39 is 10.0 Å². The third-order valence-electron chi connectivity index (χ3n) is 4.74. The summed E-state index contributed by atoms with van der Waals surface area (Å²) in [6.45, 7) is 0. The highest BCUT2D eigenvalue weighted by Gasteiger charge is 2.18. The largest absolute Gasteiger partial charge is 0.349 e. The lowest BCUT2D eigenvalue weighted by molar-refractivity contribution is -0.115. The average molecular weight is 401 g/mol. The van der Waals surface area contributed by atoms with E-state index in [4.69, 9.17) is 5.14 Å². The van der Waals surface area contributed by atoms with Crippen molar-refractivity contribution in [1.29, 1.82) is 0 Å². The minimum atomic E-state index is -3.75. The van der Waals surface area contributed by atoms with Gasteiger partial charge in [0, 0.05) is 17.3 Å². The maximum atomic E-state index is 12.2. The highest BCUT2D eigenvalue weighted by molar-refractivity contribution is 7.89. The van der Waals surface area contributed by atoms with Crippen LogP contribution in [0.3, 0.4) is 0 Å². The van der Waals surface area contributed by atoms with E-state index in [0.717, 1.165) is 25.7 Å². The molecule has 148 valence electrons. The summed E-state index contributed by atoms with van der Waals surface area (Å²) in [4.78, 5) is 24.4. The van der Waals surface area contributed by atoms with Gasteiger partial charge in [-0.05, 0) is 54.8 Å². The number of hydrogen-bond donors (Lipinski definition) is 3. The number of benzene rings is 2. The van der Waals surface area contributed by atoms with Crippen molar-refractivity contribution in [3.05, 3.63) is 59.7 Å². The summed E-state index contributed by atoms with van der Waals surface area (Å²) in [6.07, 6.45) is 4.45. The lowest BCUT2D eigenvalue weighted by atomic mass is 10.1. The molecule has 0 saturated heterocycles. The molecule has 2 aromatic rings. The van der Waals surface area contributed by atoms with Crippen molar-refractivity contribution in [3.8, 4) is 0 Å². The first-order chi connectivity index (χ1) is 13.3. The summed E-state index contributed by atoms with van der Waals surface area (Å²) in [6, 6.07) is 12.8. The summed E-state index contributed by atoms with van der Waals surface area (Å²) in [5, 5.41) is 10.8. The molecule has 1 saturated carbocycles. The average Bonchev–Trinajstić information content (AvgIpc) is 3.15. The number of sulfonamides is 1. The maximum Gasteiger partial charge on any atom is 0.251 e. The van der Waals surface area contributed by atoms with Crippen molar-refractivity contribution in [1.82, 2.24) is 5.32 Å². The van der Waals surface area contributed by atoms with Crippen LogP contribution in [0.4, 0.5) is 5.69 Å². The Morgan fingerprint density at radius 2 is 1.57 bits per heavy atom. The van der Waals surface area contributed by atoms with Crippen LogP contribution in [0.2, 0.25) is 0 Å². The van der Waals surface area contributed by atoms with Gasteiger partial charge in [-0.1, -0.05) is 25.0 Å². The Kier molecular flexibility index (Phi) is 6.11. The molecule has 1 aliphatic rings. The van der Waals surface area contributed by atoms with Gasteiger partial charge in [0.05, 0.1) is 11.3 Å². The van der Waals surface area contributed by atoms with Crippen LogP contribution >= 0.6 is 0 Å². The molecule has 2 amide bonds. The van der Waals surface area contributed by atoms with Crippen LogP contribution in [0.15, 0.2) is 53.4 Å². The molecule has 0 unspecified atom stereocenters. The van der Waals surface area contributed by atoms with Crippen LogP contribution < -0.4 is 15.8 Å². The topological polar surface area (TPSA) is 118 Å². The second-order valence-electron chi connectivity index (χ2n) is 6.95. The molecule has 0 atom stereocenters. The van der Waals surface area contributed by atoms with E-state index in [-0.39, 0.29) is 29.2 Å². The van der Waals surface area contributed by atoms with Gasteiger partial charge in [-0.3, -0.25) is 9.59 Å². The number of nitrogens with two attached hydrogens (primary N) is 1. The molecule has 4 N–H and O–H groups in total. The Balaban J connectivity index is 1.54. The standard InChI is InChI=1S/C20H23N3O4S/c21-28(26,27)18-11-5-14(6-12-18)13-19(24)22-17-9-7-15(8-10-17)20(25)23-16-3-1-2-4-16/h5-12,16H,1-4,13H2,(H,22,24)(H,23,25)(H2,21,26,27). The Bertz CT molecular complexity index is 948. The van der Waals surface area contributed by atoms with Crippen molar-refractivity contribution in [2.45, 2.75) is 43.0 Å². The lowest BCUT2D eigenvalue weighted by Crippen LogP contribution is -2.32. The predicted octanol–water partition coefficient (Wildman–Crippen LogP) is 2.19. The van der Waals surface area contributed by atoms with Crippen LogP contribution in [0.25, 0.3) is 0 Å². The minimum absolute atomic E-state index is 0.00290. The number of nitrogens with one attached hydrogen (secondary N) is 2. The molecule has 8 heteroatoms. The van der Waals surface area contributed by atoms with Crippen molar-refractivity contribution >= 4 is 27.5 Å². The Morgan fingerprint density at radius 1 is 0.964 bits per heavy atom. The Hall–Kier alpha value is -2.71. The second-order valence-corrected chi connectivity index (χ2v) is 8.51. The molecule has 28 heavy (non-hydrogen) atoms. The summed E-state index contributed by atoms with van der Waals surface area (Å²) in [5.41, 5.74) is 1.81. The van der Waals surface area contributed by atoms with Gasteiger partial charge in [-0.25, -0.2) is 13.6 Å². The van der Waals surface area contributed by atoms with E-state index in [2.05, 4.69) is 10.6 Å². The summed E-state index contributed by atoms with van der Waals surface area (Å²) >= 11 is 0.